The summed E-state index contributed by atoms with van der Waals surface area (Å²) in [5, 5.41) is 1.73. The predicted molar refractivity (Wildman–Crippen MR) is 94.3 cm³/mol. The molecule has 1 aromatic carbocycles. The van der Waals surface area contributed by atoms with Crippen LogP contribution in [0.4, 0.5) is 10.1 Å². The first-order chi connectivity index (χ1) is 13.4. The normalized spacial score (nSPS) is 29.2. The van der Waals surface area contributed by atoms with Gasteiger partial charge in [0.2, 0.25) is 17.4 Å². The van der Waals surface area contributed by atoms with Gasteiger partial charge in [-0.15, -0.1) is 0 Å². The molecule has 2 N–H and O–H groups in total. The van der Waals surface area contributed by atoms with Gasteiger partial charge in [-0.05, 0) is 36.4 Å². The second-order valence-corrected chi connectivity index (χ2v) is 7.09. The molecule has 8 heteroatoms. The number of fused-ring (bicyclic) bond motifs is 1. The molecule has 0 aliphatic carbocycles. The number of benzene rings is 1. The zero-order valence-electron chi connectivity index (χ0n) is 15.4. The maximum atomic E-state index is 13.3. The highest BCUT2D eigenvalue weighted by Crippen LogP contribution is 2.46. The lowest BCUT2D eigenvalue weighted by atomic mass is 9.78. The van der Waals surface area contributed by atoms with Gasteiger partial charge in [-0.25, -0.2) is 14.1 Å². The van der Waals surface area contributed by atoms with E-state index < -0.39 is 47.0 Å². The average molecular weight is 387 g/mol. The Morgan fingerprint density at radius 1 is 1.25 bits per heavy atom. The molecule has 0 radical (unpaired) electrons. The zero-order valence-corrected chi connectivity index (χ0v) is 15.4. The summed E-state index contributed by atoms with van der Waals surface area (Å²) in [4.78, 5) is 40.4. The molecule has 0 unspecified atom stereocenters. The molecule has 146 valence electrons. The Morgan fingerprint density at radius 3 is 2.54 bits per heavy atom. The number of rotatable bonds is 4. The van der Waals surface area contributed by atoms with Crippen molar-refractivity contribution in [3.8, 4) is 0 Å². The van der Waals surface area contributed by atoms with Crippen molar-refractivity contribution in [1.82, 2.24) is 0 Å². The van der Waals surface area contributed by atoms with Gasteiger partial charge in [-0.1, -0.05) is 6.92 Å². The van der Waals surface area contributed by atoms with Gasteiger partial charge >= 0.3 is 5.97 Å². The van der Waals surface area contributed by atoms with Gasteiger partial charge in [0.1, 0.15) is 17.7 Å². The molecule has 1 aromatic heterocycles. The molecule has 2 aliphatic rings. The monoisotopic (exact) mass is 387 g/mol. The Balaban J connectivity index is 1.84. The van der Waals surface area contributed by atoms with Crippen LogP contribution in [0.2, 0.25) is 0 Å². The van der Waals surface area contributed by atoms with Gasteiger partial charge in [0.15, 0.2) is 11.8 Å². The van der Waals surface area contributed by atoms with Crippen molar-refractivity contribution in [3.05, 3.63) is 54.2 Å². The van der Waals surface area contributed by atoms with Crippen LogP contribution >= 0.6 is 0 Å². The average Bonchev–Trinajstić information content (AvgIpc) is 3.39. The molecule has 0 spiro atoms. The van der Waals surface area contributed by atoms with E-state index >= 15 is 0 Å². The van der Waals surface area contributed by atoms with Crippen molar-refractivity contribution < 1.29 is 33.2 Å². The van der Waals surface area contributed by atoms with E-state index in [1.807, 2.05) is 0 Å². The molecular weight excluding hydrogens is 367 g/mol. The zero-order chi connectivity index (χ0) is 20.1. The summed E-state index contributed by atoms with van der Waals surface area (Å²) >= 11 is 0. The van der Waals surface area contributed by atoms with Crippen LogP contribution in [0.3, 0.4) is 0 Å². The highest BCUT2D eigenvalue weighted by atomic mass is 19.1. The fourth-order valence-electron chi connectivity index (χ4n) is 4.57. The van der Waals surface area contributed by atoms with Crippen molar-refractivity contribution in [3.63, 3.8) is 0 Å². The Hall–Kier alpha value is -3.00. The summed E-state index contributed by atoms with van der Waals surface area (Å²) in [6.45, 7) is 1.79. The van der Waals surface area contributed by atoms with Gasteiger partial charge in [-0.2, -0.15) is 0 Å². The second-order valence-electron chi connectivity index (χ2n) is 7.09. The van der Waals surface area contributed by atoms with Crippen LogP contribution in [0, 0.1) is 17.7 Å². The van der Waals surface area contributed by atoms with Crippen molar-refractivity contribution in [1.29, 1.82) is 0 Å². The Bertz CT molecular complexity index is 927. The molecule has 0 saturated carbocycles. The summed E-state index contributed by atoms with van der Waals surface area (Å²) in [6, 6.07) is 8.01. The number of carbonyl (C=O) groups is 3. The maximum Gasteiger partial charge on any atom is 0.368 e. The van der Waals surface area contributed by atoms with Crippen LogP contribution in [0.15, 0.2) is 47.1 Å². The Kier molecular flexibility index (Phi) is 4.30. The van der Waals surface area contributed by atoms with E-state index in [1.54, 1.807) is 24.4 Å². The largest absolute Gasteiger partial charge is 0.464 e. The number of nitrogens with zero attached hydrogens (tertiary/aromatic N) is 1. The minimum atomic E-state index is -1.24. The molecular formula is C20H20FN2O5+. The Morgan fingerprint density at radius 2 is 1.96 bits per heavy atom. The van der Waals surface area contributed by atoms with E-state index in [9.17, 15) is 18.8 Å². The molecule has 2 aromatic rings. The first-order valence-electron chi connectivity index (χ1n) is 9.06. The minimum absolute atomic E-state index is 0.277. The van der Waals surface area contributed by atoms with E-state index in [2.05, 4.69) is 0 Å². The number of nitrogens with two attached hydrogens (primary N) is 1. The number of carbonyl (C=O) groups excluding carboxylic acids is 3. The third kappa shape index (κ3) is 2.41. The quantitative estimate of drug-likeness (QED) is 0.628. The second kappa shape index (κ2) is 6.56. The number of halogens is 1. The van der Waals surface area contributed by atoms with Gasteiger partial charge in [0, 0.05) is 6.42 Å². The van der Waals surface area contributed by atoms with Crippen LogP contribution < -0.4 is 10.2 Å². The van der Waals surface area contributed by atoms with Crippen molar-refractivity contribution >= 4 is 23.5 Å². The van der Waals surface area contributed by atoms with Gasteiger partial charge < -0.3 is 14.5 Å². The third-order valence-corrected chi connectivity index (χ3v) is 5.88. The number of quaternary nitrogens is 1. The Labute approximate surface area is 160 Å². The lowest BCUT2D eigenvalue weighted by molar-refractivity contribution is -0.735. The fraction of sp³-hybridized carbons (Fsp3) is 0.350. The van der Waals surface area contributed by atoms with E-state index in [-0.39, 0.29) is 5.69 Å². The molecule has 2 fully saturated rings. The van der Waals surface area contributed by atoms with Crippen LogP contribution in [0.1, 0.15) is 25.1 Å². The number of furan rings is 1. The lowest BCUT2D eigenvalue weighted by Gasteiger charge is -2.27. The minimum Gasteiger partial charge on any atom is -0.464 e. The number of imide groups is 1. The summed E-state index contributed by atoms with van der Waals surface area (Å²) in [6.07, 6.45) is 1.79. The maximum absolute atomic E-state index is 13.3. The van der Waals surface area contributed by atoms with Crippen molar-refractivity contribution in [2.24, 2.45) is 11.8 Å². The third-order valence-electron chi connectivity index (χ3n) is 5.88. The molecule has 4 atom stereocenters. The van der Waals surface area contributed by atoms with Crippen molar-refractivity contribution in [2.75, 3.05) is 12.0 Å². The molecule has 2 saturated heterocycles. The van der Waals surface area contributed by atoms with Gasteiger partial charge in [-0.3, -0.25) is 9.59 Å². The summed E-state index contributed by atoms with van der Waals surface area (Å²) in [7, 11) is 1.27. The first-order valence-corrected chi connectivity index (χ1v) is 9.06. The van der Waals surface area contributed by atoms with E-state index in [4.69, 9.17) is 9.15 Å². The number of ether oxygens (including phenoxy) is 1. The topological polar surface area (TPSA) is 93.4 Å². The number of hydrogen-bond donors (Lipinski definition) is 1. The van der Waals surface area contributed by atoms with Gasteiger partial charge in [0.25, 0.3) is 0 Å². The standard InChI is InChI=1S/C20H19FN2O5/c1-3-20(19(26)27-2)15-14(16(22-20)13-5-4-10-28-13)17(24)23(18(15)25)12-8-6-11(21)7-9-12/h4-10,14-16,22H,3H2,1-2H3/p+1/t14-,15+,16-,20+/m0/s1. The fourth-order valence-corrected chi connectivity index (χ4v) is 4.57. The summed E-state index contributed by atoms with van der Waals surface area (Å²) in [5.74, 6) is -3.13. The predicted octanol–water partition coefficient (Wildman–Crippen LogP) is 1.16. The SMILES string of the molecule is CC[C@@]1(C(=O)OC)[NH2+][C@@H](c2ccco2)[C@H]2C(=O)N(c3ccc(F)cc3)C(=O)[C@@H]21. The molecule has 2 amide bonds. The van der Waals surface area contributed by atoms with E-state index in [0.29, 0.717) is 12.2 Å². The van der Waals surface area contributed by atoms with E-state index in [0.717, 1.165) is 4.90 Å². The lowest BCUT2D eigenvalue weighted by Crippen LogP contribution is -2.98. The summed E-state index contributed by atoms with van der Waals surface area (Å²) in [5.41, 5.74) is -0.961. The van der Waals surface area contributed by atoms with Crippen LogP contribution in [0.25, 0.3) is 0 Å². The molecule has 28 heavy (non-hydrogen) atoms. The molecule has 4 rings (SSSR count). The van der Waals surface area contributed by atoms with Gasteiger partial charge in [0.05, 0.1) is 19.1 Å². The van der Waals surface area contributed by atoms with E-state index in [1.165, 1.54) is 37.6 Å². The van der Waals surface area contributed by atoms with Crippen LogP contribution in [-0.2, 0) is 19.1 Å². The van der Waals surface area contributed by atoms with Crippen LogP contribution in [-0.4, -0.2) is 30.4 Å². The number of amides is 2. The number of anilines is 1. The number of esters is 1. The molecule has 2 aliphatic heterocycles. The molecule has 3 heterocycles. The first kappa shape index (κ1) is 18.4. The smallest absolute Gasteiger partial charge is 0.368 e. The highest BCUT2D eigenvalue weighted by Gasteiger charge is 2.72. The summed E-state index contributed by atoms with van der Waals surface area (Å²) < 4.78 is 23.8. The number of hydrogen-bond acceptors (Lipinski definition) is 5. The molecule has 0 bridgehead atoms. The number of methoxy groups -OCH3 is 1. The van der Waals surface area contributed by atoms with Crippen molar-refractivity contribution in [2.45, 2.75) is 24.9 Å². The molecule has 7 nitrogen and oxygen atoms in total. The highest BCUT2D eigenvalue weighted by molar-refractivity contribution is 6.23. The van der Waals surface area contributed by atoms with Crippen LogP contribution in [0.5, 0.6) is 0 Å².